The molecule has 81 heavy (non-hydrogen) atoms. The van der Waals surface area contributed by atoms with Crippen LogP contribution in [0.15, 0.2) is 110 Å². The monoisotopic (exact) mass is 1120 g/mol. The minimum absolute atomic E-state index is 0.0485. The first kappa shape index (κ1) is 58.2. The average Bonchev–Trinajstić information content (AvgIpc) is 4.23. The van der Waals surface area contributed by atoms with E-state index in [0.29, 0.717) is 5.95 Å². The predicted molar refractivity (Wildman–Crippen MR) is 309 cm³/mol. The summed E-state index contributed by atoms with van der Waals surface area (Å²) in [6.07, 6.45) is 21.4. The second-order valence-corrected chi connectivity index (χ2v) is 21.9. The fourth-order valence-corrected chi connectivity index (χ4v) is 10.1. The Hall–Kier alpha value is -8.99. The third-order valence-corrected chi connectivity index (χ3v) is 15.1. The summed E-state index contributed by atoms with van der Waals surface area (Å²) in [5, 5.41) is 21.5. The van der Waals surface area contributed by atoms with E-state index in [4.69, 9.17) is 0 Å². The van der Waals surface area contributed by atoms with E-state index in [1.807, 2.05) is 118 Å². The molecule has 23 heteroatoms. The molecule has 0 fully saturated rings. The van der Waals surface area contributed by atoms with Gasteiger partial charge in [0, 0.05) is 103 Å². The van der Waals surface area contributed by atoms with Crippen molar-refractivity contribution < 1.29 is 33.6 Å². The van der Waals surface area contributed by atoms with Crippen molar-refractivity contribution >= 4 is 93.0 Å². The Morgan fingerprint density at radius 1 is 0.432 bits per heavy atom. The van der Waals surface area contributed by atoms with E-state index >= 15 is 0 Å². The standard InChI is InChI=1S/4C9H10N2O.C8H9NOS.2C7H9N3O/c1-6-4-7-5-10-3-2-8(7)11-9(6)12;1-6-4-7-2-3-10-5-8(7)11-9(6)12;1-6-5-8-7(11-9(6)12)3-2-4-10-8;1-6-5-7-3-2-4-10-8(7)11-9(6)12;1-5-4-7-6(2-3-11-7)9-8(5)10;1-5-3-10-4-8-2-6(10)9-7(5)11;1-5-4-10-3-2-8-7(10)9-6(5)11/h2*2-3,5-6H,4H2,1H3,(H,11,12);2-4,6H,5H2,1H3,(H,11,12);2-4,6H,5H2,1H3,(H,10,11,12);2-3,5H,4H2,1H3,(H,9,10);2,4-5H,3H2,1H3,(H,9,11);2-3,5H,4H2,1H3,(H,8,9,11). The molecule has 7 N–H and O–H groups in total. The number of rotatable bonds is 0. The largest absolute Gasteiger partial charge is 0.325 e. The van der Waals surface area contributed by atoms with E-state index in [1.165, 1.54) is 10.4 Å². The summed E-state index contributed by atoms with van der Waals surface area (Å²) < 4.78 is 3.87. The molecule has 7 atom stereocenters. The first-order valence-corrected chi connectivity index (χ1v) is 27.8. The normalized spacial score (nSPS) is 21.9. The first-order chi connectivity index (χ1) is 38.9. The lowest BCUT2D eigenvalue weighted by molar-refractivity contribution is -0.121. The van der Waals surface area contributed by atoms with Crippen LogP contribution >= 0.6 is 11.3 Å². The zero-order chi connectivity index (χ0) is 57.7. The molecule has 14 heterocycles. The van der Waals surface area contributed by atoms with Crippen LogP contribution in [0.1, 0.15) is 75.7 Å². The maximum absolute atomic E-state index is 11.2. The van der Waals surface area contributed by atoms with Crippen LogP contribution in [0.4, 0.5) is 40.3 Å². The molecule has 0 spiro atoms. The van der Waals surface area contributed by atoms with Crippen LogP contribution in [0.5, 0.6) is 0 Å². The Bertz CT molecular complexity index is 3000. The van der Waals surface area contributed by atoms with Gasteiger partial charge >= 0.3 is 0 Å². The molecule has 0 radical (unpaired) electrons. The fourth-order valence-electron chi connectivity index (χ4n) is 9.14. The maximum Gasteiger partial charge on any atom is 0.231 e. The average molecular weight is 1120 g/mol. The molecule has 7 aliphatic heterocycles. The molecular weight excluding hydrogens is 1050 g/mol. The Balaban J connectivity index is 0.000000124. The zero-order valence-corrected chi connectivity index (χ0v) is 47.0. The molecule has 0 aliphatic carbocycles. The third-order valence-electron chi connectivity index (χ3n) is 14.2. The van der Waals surface area contributed by atoms with Gasteiger partial charge in [0.1, 0.15) is 11.6 Å². The van der Waals surface area contributed by atoms with Crippen molar-refractivity contribution in [1.29, 1.82) is 0 Å². The van der Waals surface area contributed by atoms with Crippen LogP contribution in [0.3, 0.4) is 0 Å². The van der Waals surface area contributed by atoms with Gasteiger partial charge in [0.25, 0.3) is 0 Å². The SMILES string of the molecule is CC1Cc2cccnc2NC1=O.CC1Cc2ccncc2NC1=O.CC1Cc2cnccc2NC1=O.CC1Cc2ncccc2NC1=O.CC1Cc2sccc2NC1=O.CC1Cn2ccnc2NC1=O.CC1Cn2cncc2NC1=O. The Labute approximate surface area is 473 Å². The number of thiophene rings is 1. The molecule has 7 aromatic heterocycles. The van der Waals surface area contributed by atoms with Crippen LogP contribution in [0.2, 0.25) is 0 Å². The molecule has 7 amide bonds. The van der Waals surface area contributed by atoms with Crippen LogP contribution in [-0.2, 0) is 78.8 Å². The highest BCUT2D eigenvalue weighted by molar-refractivity contribution is 7.10. The molecule has 22 nitrogen and oxygen atoms in total. The van der Waals surface area contributed by atoms with E-state index < -0.39 is 0 Å². The number of aromatic nitrogens is 8. The summed E-state index contributed by atoms with van der Waals surface area (Å²) in [4.78, 5) is 104. The molecule has 14 rings (SSSR count). The van der Waals surface area contributed by atoms with Crippen molar-refractivity contribution in [3.63, 3.8) is 0 Å². The highest BCUT2D eigenvalue weighted by atomic mass is 32.1. The number of hydrogen-bond donors (Lipinski definition) is 7. The number of nitrogens with zero attached hydrogens (tertiary/aromatic N) is 8. The molecule has 7 unspecified atom stereocenters. The van der Waals surface area contributed by atoms with Crippen molar-refractivity contribution in [2.24, 2.45) is 41.4 Å². The van der Waals surface area contributed by atoms with E-state index in [2.05, 4.69) is 67.1 Å². The van der Waals surface area contributed by atoms with E-state index in [9.17, 15) is 33.6 Å². The third kappa shape index (κ3) is 15.2. The molecule has 0 saturated heterocycles. The van der Waals surface area contributed by atoms with Gasteiger partial charge in [-0.1, -0.05) is 54.5 Å². The summed E-state index contributed by atoms with van der Waals surface area (Å²) in [7, 11) is 0. The molecular formula is C58H67N15O7S. The lowest BCUT2D eigenvalue weighted by Crippen LogP contribution is -2.31. The number of carbonyl (C=O) groups excluding carboxylic acids is 7. The van der Waals surface area contributed by atoms with Crippen molar-refractivity contribution in [2.75, 3.05) is 37.2 Å². The van der Waals surface area contributed by atoms with Gasteiger partial charge in [0.2, 0.25) is 47.3 Å². The summed E-state index contributed by atoms with van der Waals surface area (Å²) in [5.74, 6) is 3.35. The lowest BCUT2D eigenvalue weighted by atomic mass is 9.96. The first-order valence-electron chi connectivity index (χ1n) is 26.9. The van der Waals surface area contributed by atoms with Crippen LogP contribution < -0.4 is 37.2 Å². The molecule has 0 saturated carbocycles. The molecule has 7 aliphatic rings. The van der Waals surface area contributed by atoms with Gasteiger partial charge in [-0.2, -0.15) is 0 Å². The predicted octanol–water partition coefficient (Wildman–Crippen LogP) is 7.67. The van der Waals surface area contributed by atoms with Gasteiger partial charge in [-0.05, 0) is 84.2 Å². The summed E-state index contributed by atoms with van der Waals surface area (Å²) in [5.41, 5.74) is 8.07. The quantitative estimate of drug-likeness (QED) is 0.0768. The highest BCUT2D eigenvalue weighted by Crippen LogP contribution is 2.30. The van der Waals surface area contributed by atoms with Gasteiger partial charge in [-0.25, -0.2) is 15.0 Å². The highest BCUT2D eigenvalue weighted by Gasteiger charge is 2.27. The topological polar surface area (TPSA) is 291 Å². The van der Waals surface area contributed by atoms with Crippen molar-refractivity contribution in [3.8, 4) is 0 Å². The number of hydrogen-bond acceptors (Lipinski definition) is 14. The fraction of sp³-hybridized carbons (Fsp3) is 0.362. The summed E-state index contributed by atoms with van der Waals surface area (Å²) >= 11 is 1.72. The number of imidazole rings is 2. The molecule has 0 aromatic carbocycles. The lowest BCUT2D eigenvalue weighted by Gasteiger charge is -2.20. The zero-order valence-electron chi connectivity index (χ0n) is 46.2. The van der Waals surface area contributed by atoms with Crippen molar-refractivity contribution in [1.82, 2.24) is 39.0 Å². The summed E-state index contributed by atoms with van der Waals surface area (Å²) in [6, 6.07) is 13.3. The number of anilines is 7. The number of pyridine rings is 4. The van der Waals surface area contributed by atoms with Gasteiger partial charge in [-0.15, -0.1) is 11.3 Å². The Morgan fingerprint density at radius 3 is 1.75 bits per heavy atom. The second kappa shape index (κ2) is 26.8. The minimum Gasteiger partial charge on any atom is -0.325 e. The number of nitrogens with one attached hydrogen (secondary N) is 7. The number of carbonyl (C=O) groups is 7. The molecule has 422 valence electrons. The van der Waals surface area contributed by atoms with Gasteiger partial charge < -0.3 is 41.0 Å². The van der Waals surface area contributed by atoms with E-state index in [1.54, 1.807) is 61.0 Å². The van der Waals surface area contributed by atoms with Crippen molar-refractivity contribution in [3.05, 3.63) is 137 Å². The van der Waals surface area contributed by atoms with Crippen LogP contribution in [0, 0.1) is 41.4 Å². The van der Waals surface area contributed by atoms with Gasteiger partial charge in [0.05, 0.1) is 53.3 Å². The van der Waals surface area contributed by atoms with Gasteiger partial charge in [-0.3, -0.25) is 53.8 Å². The number of amides is 7. The summed E-state index contributed by atoms with van der Waals surface area (Å²) in [6.45, 7) is 14.9. The Kier molecular flexibility index (Phi) is 19.2. The molecule has 7 aromatic rings. The Morgan fingerprint density at radius 2 is 1.00 bits per heavy atom. The van der Waals surface area contributed by atoms with Crippen LogP contribution in [0.25, 0.3) is 0 Å². The van der Waals surface area contributed by atoms with Crippen molar-refractivity contribution in [2.45, 2.75) is 93.7 Å². The van der Waals surface area contributed by atoms with Crippen LogP contribution in [-0.4, -0.2) is 80.4 Å². The smallest absolute Gasteiger partial charge is 0.231 e. The maximum atomic E-state index is 11.2. The minimum atomic E-state index is 0.0485. The second-order valence-electron chi connectivity index (χ2n) is 20.9. The number of fused-ring (bicyclic) bond motifs is 7. The van der Waals surface area contributed by atoms with E-state index in [0.717, 1.165) is 96.4 Å². The van der Waals surface area contributed by atoms with Gasteiger partial charge in [0.15, 0.2) is 0 Å². The van der Waals surface area contributed by atoms with E-state index in [-0.39, 0.29) is 82.8 Å². The molecule has 0 bridgehead atoms.